The summed E-state index contributed by atoms with van der Waals surface area (Å²) in [5.74, 6) is 0.768. The van der Waals surface area contributed by atoms with Gasteiger partial charge in [-0.1, -0.05) is 12.1 Å². The SMILES string of the molecule is CO.O=CCn1c(C2CC2)nc2c(c1=O)NC(c1ccc(F)cc1)CC2. The van der Waals surface area contributed by atoms with Crippen molar-refractivity contribution >= 4 is 12.0 Å². The van der Waals surface area contributed by atoms with E-state index in [-0.39, 0.29) is 24.0 Å². The average molecular weight is 359 g/mol. The van der Waals surface area contributed by atoms with Crippen molar-refractivity contribution in [1.29, 1.82) is 0 Å². The highest BCUT2D eigenvalue weighted by molar-refractivity contribution is 5.54. The van der Waals surface area contributed by atoms with Crippen molar-refractivity contribution in [3.8, 4) is 0 Å². The third-order valence-corrected chi connectivity index (χ3v) is 4.73. The molecule has 0 saturated heterocycles. The van der Waals surface area contributed by atoms with Crippen molar-refractivity contribution in [2.45, 2.75) is 44.2 Å². The van der Waals surface area contributed by atoms with E-state index in [0.29, 0.717) is 18.0 Å². The van der Waals surface area contributed by atoms with Crippen LogP contribution in [0.5, 0.6) is 0 Å². The maximum absolute atomic E-state index is 13.1. The Hall–Kier alpha value is -2.54. The Labute approximate surface area is 150 Å². The van der Waals surface area contributed by atoms with Crippen LogP contribution in [0.2, 0.25) is 0 Å². The molecule has 6 nitrogen and oxygen atoms in total. The van der Waals surface area contributed by atoms with Gasteiger partial charge in [0.15, 0.2) is 0 Å². The van der Waals surface area contributed by atoms with Crippen LogP contribution >= 0.6 is 0 Å². The number of fused-ring (bicyclic) bond motifs is 1. The number of benzene rings is 1. The predicted molar refractivity (Wildman–Crippen MR) is 95.8 cm³/mol. The van der Waals surface area contributed by atoms with E-state index < -0.39 is 0 Å². The topological polar surface area (TPSA) is 84.2 Å². The fourth-order valence-corrected chi connectivity index (χ4v) is 3.32. The molecule has 1 fully saturated rings. The first-order chi connectivity index (χ1) is 12.7. The summed E-state index contributed by atoms with van der Waals surface area (Å²) in [7, 11) is 1.00. The molecule has 7 heteroatoms. The number of aliphatic hydroxyl groups excluding tert-OH is 1. The van der Waals surface area contributed by atoms with Crippen LogP contribution in [0, 0.1) is 5.82 Å². The van der Waals surface area contributed by atoms with Gasteiger partial charge >= 0.3 is 0 Å². The van der Waals surface area contributed by atoms with Crippen LogP contribution in [-0.2, 0) is 17.8 Å². The smallest absolute Gasteiger partial charge is 0.277 e. The van der Waals surface area contributed by atoms with Gasteiger partial charge in [-0.2, -0.15) is 0 Å². The quantitative estimate of drug-likeness (QED) is 0.818. The number of hydrogen-bond acceptors (Lipinski definition) is 5. The molecule has 1 unspecified atom stereocenters. The number of carbonyl (C=O) groups excluding carboxylic acids is 1. The van der Waals surface area contributed by atoms with E-state index in [2.05, 4.69) is 10.3 Å². The van der Waals surface area contributed by atoms with Gasteiger partial charge in [-0.3, -0.25) is 9.36 Å². The highest BCUT2D eigenvalue weighted by Crippen LogP contribution is 2.40. The van der Waals surface area contributed by atoms with Crippen LogP contribution in [0.25, 0.3) is 0 Å². The first-order valence-electron chi connectivity index (χ1n) is 8.71. The van der Waals surface area contributed by atoms with Gasteiger partial charge in [0, 0.05) is 13.0 Å². The highest BCUT2D eigenvalue weighted by Gasteiger charge is 2.32. The zero-order chi connectivity index (χ0) is 18.7. The lowest BCUT2D eigenvalue weighted by molar-refractivity contribution is -0.108. The number of aldehydes is 1. The summed E-state index contributed by atoms with van der Waals surface area (Å²) in [5, 5.41) is 10.3. The summed E-state index contributed by atoms with van der Waals surface area (Å²) in [5.41, 5.74) is 2.01. The van der Waals surface area contributed by atoms with Crippen molar-refractivity contribution < 1.29 is 14.3 Å². The Morgan fingerprint density at radius 1 is 1.27 bits per heavy atom. The summed E-state index contributed by atoms with van der Waals surface area (Å²) in [6.07, 6.45) is 4.28. The predicted octanol–water partition coefficient (Wildman–Crippen LogP) is 2.17. The number of rotatable bonds is 4. The molecule has 0 radical (unpaired) electrons. The first kappa shape index (κ1) is 18.3. The second kappa shape index (κ2) is 7.78. The molecule has 1 atom stereocenters. The Bertz CT molecular complexity index is 844. The number of hydrogen-bond donors (Lipinski definition) is 2. The Kier molecular flexibility index (Phi) is 5.46. The van der Waals surface area contributed by atoms with E-state index in [1.54, 1.807) is 12.1 Å². The van der Waals surface area contributed by atoms with E-state index in [9.17, 15) is 14.0 Å². The van der Waals surface area contributed by atoms with Gasteiger partial charge in [0.1, 0.15) is 23.6 Å². The molecular weight excluding hydrogens is 337 g/mol. The molecule has 2 aromatic rings. The van der Waals surface area contributed by atoms with Crippen molar-refractivity contribution in [1.82, 2.24) is 9.55 Å². The molecular formula is C19H22FN3O3. The summed E-state index contributed by atoms with van der Waals surface area (Å²) in [6, 6.07) is 6.25. The average Bonchev–Trinajstić information content (AvgIpc) is 3.51. The fraction of sp³-hybridized carbons (Fsp3) is 0.421. The van der Waals surface area contributed by atoms with E-state index in [1.807, 2.05) is 0 Å². The third-order valence-electron chi connectivity index (χ3n) is 4.73. The van der Waals surface area contributed by atoms with Crippen molar-refractivity contribution in [2.75, 3.05) is 12.4 Å². The van der Waals surface area contributed by atoms with E-state index in [0.717, 1.165) is 49.7 Å². The van der Waals surface area contributed by atoms with Crippen LogP contribution in [0.1, 0.15) is 48.3 Å². The number of anilines is 1. The zero-order valence-corrected chi connectivity index (χ0v) is 14.6. The van der Waals surface area contributed by atoms with Gasteiger partial charge in [-0.15, -0.1) is 0 Å². The molecule has 0 bridgehead atoms. The summed E-state index contributed by atoms with van der Waals surface area (Å²) < 4.78 is 14.6. The van der Waals surface area contributed by atoms with Crippen LogP contribution < -0.4 is 10.9 Å². The molecule has 2 heterocycles. The molecule has 1 aliphatic carbocycles. The summed E-state index contributed by atoms with van der Waals surface area (Å²) in [4.78, 5) is 28.5. The van der Waals surface area contributed by atoms with Crippen LogP contribution in [0.15, 0.2) is 29.1 Å². The molecule has 138 valence electrons. The summed E-state index contributed by atoms with van der Waals surface area (Å²) in [6.45, 7) is 0.0356. The molecule has 26 heavy (non-hydrogen) atoms. The van der Waals surface area contributed by atoms with Crippen molar-refractivity contribution in [3.05, 3.63) is 57.5 Å². The van der Waals surface area contributed by atoms with E-state index in [1.165, 1.54) is 16.7 Å². The number of nitrogens with one attached hydrogen (secondary N) is 1. The monoisotopic (exact) mass is 359 g/mol. The third kappa shape index (κ3) is 3.53. The Morgan fingerprint density at radius 3 is 2.58 bits per heavy atom. The van der Waals surface area contributed by atoms with Gasteiger partial charge in [-0.25, -0.2) is 9.37 Å². The van der Waals surface area contributed by atoms with Crippen LogP contribution in [-0.4, -0.2) is 28.1 Å². The second-order valence-electron chi connectivity index (χ2n) is 6.44. The maximum atomic E-state index is 13.1. The lowest BCUT2D eigenvalue weighted by Crippen LogP contribution is -2.33. The Balaban J connectivity index is 0.000000948. The highest BCUT2D eigenvalue weighted by atomic mass is 19.1. The van der Waals surface area contributed by atoms with E-state index >= 15 is 0 Å². The standard InChI is InChI=1S/C18H18FN3O2.CH4O/c19-13-5-3-11(4-6-13)14-7-8-15-16(20-14)18(24)22(9-10-23)17(21-15)12-1-2-12;1-2/h3-6,10,12,14,20H,1-2,7-9H2;2H,1H3. The Morgan fingerprint density at radius 2 is 1.96 bits per heavy atom. The van der Waals surface area contributed by atoms with Crippen molar-refractivity contribution in [2.24, 2.45) is 0 Å². The van der Waals surface area contributed by atoms with Crippen LogP contribution in [0.3, 0.4) is 0 Å². The lowest BCUT2D eigenvalue weighted by Gasteiger charge is -2.27. The number of carbonyl (C=O) groups is 1. The number of halogens is 1. The minimum Gasteiger partial charge on any atom is -0.400 e. The molecule has 1 aliphatic heterocycles. The van der Waals surface area contributed by atoms with Gasteiger partial charge in [0.25, 0.3) is 5.56 Å². The molecule has 1 aromatic heterocycles. The fourth-order valence-electron chi connectivity index (χ4n) is 3.32. The molecule has 1 saturated carbocycles. The van der Waals surface area contributed by atoms with E-state index in [4.69, 9.17) is 5.11 Å². The molecule has 0 spiro atoms. The minimum absolute atomic E-state index is 0.0356. The number of aromatic nitrogens is 2. The minimum atomic E-state index is -0.279. The molecule has 2 aliphatic rings. The lowest BCUT2D eigenvalue weighted by atomic mass is 9.96. The molecule has 1 aromatic carbocycles. The maximum Gasteiger partial charge on any atom is 0.277 e. The zero-order valence-electron chi connectivity index (χ0n) is 14.6. The second-order valence-corrected chi connectivity index (χ2v) is 6.44. The summed E-state index contributed by atoms with van der Waals surface area (Å²) >= 11 is 0. The first-order valence-corrected chi connectivity index (χ1v) is 8.71. The van der Waals surface area contributed by atoms with Gasteiger partial charge in [0.05, 0.1) is 18.3 Å². The number of aryl methyl sites for hydroxylation is 1. The molecule has 0 amide bonds. The van der Waals surface area contributed by atoms with Gasteiger partial charge in [-0.05, 0) is 43.4 Å². The van der Waals surface area contributed by atoms with Crippen molar-refractivity contribution in [3.63, 3.8) is 0 Å². The largest absolute Gasteiger partial charge is 0.400 e. The number of aliphatic hydroxyl groups is 1. The normalized spacial score (nSPS) is 18.2. The van der Waals surface area contributed by atoms with Crippen LogP contribution in [0.4, 0.5) is 10.1 Å². The molecule has 2 N–H and O–H groups in total. The number of nitrogens with zero attached hydrogens (tertiary/aromatic N) is 2. The molecule has 4 rings (SSSR count). The van der Waals surface area contributed by atoms with Gasteiger partial charge in [0.2, 0.25) is 0 Å². The van der Waals surface area contributed by atoms with Gasteiger partial charge < -0.3 is 15.2 Å².